The molecule has 2 rings (SSSR count). The van der Waals surface area contributed by atoms with Crippen LogP contribution in [0.4, 0.5) is 0 Å². The molecule has 7 heteroatoms. The van der Waals surface area contributed by atoms with E-state index in [-0.39, 0.29) is 17.1 Å². The molecule has 1 aromatic carbocycles. The number of rotatable bonds is 7. The fraction of sp³-hybridized carbons (Fsp3) is 0.600. The van der Waals surface area contributed by atoms with Crippen LogP contribution in [0.25, 0.3) is 0 Å². The molecule has 0 spiro atoms. The summed E-state index contributed by atoms with van der Waals surface area (Å²) in [4.78, 5) is 16.4. The van der Waals surface area contributed by atoms with Gasteiger partial charge in [-0.3, -0.25) is 4.99 Å². The number of hydrogen-bond acceptors (Lipinski definition) is 6. The van der Waals surface area contributed by atoms with Crippen LogP contribution in [0, 0.1) is 6.92 Å². The lowest BCUT2D eigenvalue weighted by Crippen LogP contribution is -2.47. The minimum absolute atomic E-state index is 0.0701. The Bertz CT molecular complexity index is 682. The summed E-state index contributed by atoms with van der Waals surface area (Å²) in [6.45, 7) is 13.5. The largest absolute Gasteiger partial charge is 0.490 e. The smallest absolute Gasteiger partial charge is 0.331 e. The number of benzene rings is 1. The minimum atomic E-state index is -2.03. The number of aliphatic imine (C=N–C) groups is 1. The van der Waals surface area contributed by atoms with E-state index in [2.05, 4.69) is 38.9 Å². The summed E-state index contributed by atoms with van der Waals surface area (Å²) < 4.78 is 17.4. The number of esters is 1. The van der Waals surface area contributed by atoms with E-state index in [0.29, 0.717) is 12.4 Å². The zero-order valence-electron chi connectivity index (χ0n) is 17.4. The molecule has 1 aliphatic heterocycles. The number of aryl methyl sites for hydroxylation is 1. The Kier molecular flexibility index (Phi) is 7.16. The molecule has 0 bridgehead atoms. The van der Waals surface area contributed by atoms with Crippen molar-refractivity contribution in [2.75, 3.05) is 19.5 Å². The van der Waals surface area contributed by atoms with Crippen LogP contribution in [0.15, 0.2) is 29.3 Å². The van der Waals surface area contributed by atoms with Crippen LogP contribution in [-0.2, 0) is 14.0 Å². The van der Waals surface area contributed by atoms with Gasteiger partial charge in [-0.2, -0.15) is 0 Å². The summed E-state index contributed by atoms with van der Waals surface area (Å²) in [5, 5.41) is 0.892. The van der Waals surface area contributed by atoms with Crippen LogP contribution in [0.1, 0.15) is 26.3 Å². The molecule has 0 fully saturated rings. The molecule has 0 aliphatic carbocycles. The van der Waals surface area contributed by atoms with Gasteiger partial charge in [0, 0.05) is 5.75 Å². The van der Waals surface area contributed by atoms with Crippen molar-refractivity contribution in [3.63, 3.8) is 0 Å². The molecule has 1 aromatic rings. The highest BCUT2D eigenvalue weighted by Gasteiger charge is 2.41. The maximum absolute atomic E-state index is 11.8. The number of hydrogen-bond donors (Lipinski definition) is 0. The van der Waals surface area contributed by atoms with Crippen LogP contribution in [-0.4, -0.2) is 50.9 Å². The molecule has 0 amide bonds. The molecule has 1 aliphatic rings. The second-order valence-electron chi connectivity index (χ2n) is 8.31. The third-order valence-corrected chi connectivity index (χ3v) is 10.7. The lowest BCUT2D eigenvalue weighted by Gasteiger charge is -2.39. The monoisotopic (exact) mass is 409 g/mol. The zero-order chi connectivity index (χ0) is 20.2. The second kappa shape index (κ2) is 8.79. The van der Waals surface area contributed by atoms with Crippen molar-refractivity contribution in [2.45, 2.75) is 58.0 Å². The van der Waals surface area contributed by atoms with Gasteiger partial charge in [0.05, 0.1) is 12.2 Å². The predicted molar refractivity (Wildman–Crippen MR) is 114 cm³/mol. The van der Waals surface area contributed by atoms with Crippen molar-refractivity contribution < 1.29 is 18.7 Å². The Morgan fingerprint density at radius 1 is 1.30 bits per heavy atom. The predicted octanol–water partition coefficient (Wildman–Crippen LogP) is 4.45. The average molecular weight is 410 g/mol. The Morgan fingerprint density at radius 2 is 1.93 bits per heavy atom. The first-order chi connectivity index (χ1) is 12.5. The molecule has 0 N–H and O–H groups in total. The van der Waals surface area contributed by atoms with E-state index in [9.17, 15) is 4.79 Å². The summed E-state index contributed by atoms with van der Waals surface area (Å²) >= 11 is 1.56. The number of methoxy groups -OCH3 is 1. The fourth-order valence-electron chi connectivity index (χ4n) is 2.32. The van der Waals surface area contributed by atoms with Crippen LogP contribution in [0.3, 0.4) is 0 Å². The second-order valence-corrected chi connectivity index (χ2v) is 14.1. The van der Waals surface area contributed by atoms with E-state index in [1.807, 2.05) is 31.2 Å². The Labute approximate surface area is 168 Å². The van der Waals surface area contributed by atoms with Gasteiger partial charge in [0.25, 0.3) is 0 Å². The van der Waals surface area contributed by atoms with Gasteiger partial charge in [0.2, 0.25) is 0 Å². The molecular weight excluding hydrogens is 378 g/mol. The van der Waals surface area contributed by atoms with E-state index in [0.717, 1.165) is 10.8 Å². The molecule has 2 unspecified atom stereocenters. The summed E-state index contributed by atoms with van der Waals surface area (Å²) in [5.74, 6) is 1.09. The number of carbonyl (C=O) groups is 1. The van der Waals surface area contributed by atoms with Gasteiger partial charge in [-0.05, 0) is 37.2 Å². The van der Waals surface area contributed by atoms with E-state index in [4.69, 9.17) is 13.9 Å². The Morgan fingerprint density at radius 3 is 2.48 bits per heavy atom. The molecule has 0 saturated heterocycles. The molecule has 27 heavy (non-hydrogen) atoms. The molecule has 150 valence electrons. The normalized spacial score (nSPS) is 18.8. The first-order valence-corrected chi connectivity index (χ1v) is 13.1. The number of ether oxygens (including phenoxy) is 2. The van der Waals surface area contributed by atoms with Crippen molar-refractivity contribution in [3.8, 4) is 5.75 Å². The fourth-order valence-corrected chi connectivity index (χ4v) is 4.69. The highest BCUT2D eigenvalue weighted by atomic mass is 32.2. The van der Waals surface area contributed by atoms with E-state index in [1.165, 1.54) is 12.7 Å². The summed E-state index contributed by atoms with van der Waals surface area (Å²) in [6, 6.07) is 7.50. The van der Waals surface area contributed by atoms with Gasteiger partial charge < -0.3 is 13.9 Å². The van der Waals surface area contributed by atoms with Gasteiger partial charge in [-0.1, -0.05) is 38.5 Å². The van der Waals surface area contributed by atoms with Crippen molar-refractivity contribution in [1.82, 2.24) is 0 Å². The summed E-state index contributed by atoms with van der Waals surface area (Å²) in [7, 11) is -0.637. The SMILES string of the molecule is COC(=O)C1CSC(C(COc2ccc(C)cc2)O[Si](C)(C)C(C)(C)C)=N1. The van der Waals surface area contributed by atoms with E-state index in [1.54, 1.807) is 11.8 Å². The van der Waals surface area contributed by atoms with Crippen molar-refractivity contribution in [2.24, 2.45) is 4.99 Å². The highest BCUT2D eigenvalue weighted by Crippen LogP contribution is 2.38. The Balaban J connectivity index is 2.18. The lowest BCUT2D eigenvalue weighted by molar-refractivity contribution is -0.141. The highest BCUT2D eigenvalue weighted by molar-refractivity contribution is 8.14. The van der Waals surface area contributed by atoms with Gasteiger partial charge in [0.15, 0.2) is 14.4 Å². The van der Waals surface area contributed by atoms with Crippen LogP contribution in [0.2, 0.25) is 18.1 Å². The topological polar surface area (TPSA) is 57.1 Å². The summed E-state index contributed by atoms with van der Waals surface area (Å²) in [6.07, 6.45) is -0.285. The van der Waals surface area contributed by atoms with Crippen LogP contribution in [0.5, 0.6) is 5.75 Å². The van der Waals surface area contributed by atoms with Crippen LogP contribution >= 0.6 is 11.8 Å². The average Bonchev–Trinajstić information content (AvgIpc) is 3.08. The molecular formula is C20H31NO4SSi. The standard InChI is InChI=1S/C20H31NO4SSi/c1-14-8-10-15(11-9-14)24-12-17(25-27(6,7)20(2,3)4)18-21-16(13-26-18)19(22)23-5/h8-11,16-17H,12-13H2,1-7H3. The molecule has 5 nitrogen and oxygen atoms in total. The zero-order valence-corrected chi connectivity index (χ0v) is 19.2. The summed E-state index contributed by atoms with van der Waals surface area (Å²) in [5.41, 5.74) is 1.19. The Hall–Kier alpha value is -1.31. The van der Waals surface area contributed by atoms with Crippen molar-refractivity contribution >= 4 is 31.1 Å². The maximum Gasteiger partial charge on any atom is 0.331 e. The third kappa shape index (κ3) is 5.83. The van der Waals surface area contributed by atoms with E-state index < -0.39 is 14.4 Å². The van der Waals surface area contributed by atoms with Crippen molar-refractivity contribution in [1.29, 1.82) is 0 Å². The molecule has 0 saturated carbocycles. The molecule has 1 heterocycles. The molecule has 0 radical (unpaired) electrons. The first-order valence-electron chi connectivity index (χ1n) is 9.19. The first kappa shape index (κ1) is 22.0. The third-order valence-electron chi connectivity index (χ3n) is 5.09. The maximum atomic E-state index is 11.8. The molecule has 0 aromatic heterocycles. The number of thioether (sulfide) groups is 1. The molecule has 2 atom stereocenters. The minimum Gasteiger partial charge on any atom is -0.490 e. The number of carbonyl (C=O) groups excluding carboxylic acids is 1. The van der Waals surface area contributed by atoms with Gasteiger partial charge >= 0.3 is 5.97 Å². The van der Waals surface area contributed by atoms with Gasteiger partial charge in [-0.25, -0.2) is 4.79 Å². The van der Waals surface area contributed by atoms with Crippen molar-refractivity contribution in [3.05, 3.63) is 29.8 Å². The van der Waals surface area contributed by atoms with Gasteiger partial charge in [-0.15, -0.1) is 11.8 Å². The van der Waals surface area contributed by atoms with E-state index >= 15 is 0 Å². The number of nitrogens with zero attached hydrogens (tertiary/aromatic N) is 1. The van der Waals surface area contributed by atoms with Gasteiger partial charge in [0.1, 0.15) is 18.5 Å². The quantitative estimate of drug-likeness (QED) is 0.492. The lowest BCUT2D eigenvalue weighted by atomic mass is 10.2. The van der Waals surface area contributed by atoms with Crippen LogP contribution < -0.4 is 4.74 Å².